The molecular weight excluding hydrogens is 216 g/mol. The Bertz CT molecular complexity index is 307. The number of rotatable bonds is 1. The third-order valence-electron chi connectivity index (χ3n) is 3.60. The largest absolute Gasteiger partial charge is 0.356 e. The molecule has 0 saturated heterocycles. The molecule has 0 amide bonds. The zero-order valence-corrected chi connectivity index (χ0v) is 11.1. The summed E-state index contributed by atoms with van der Waals surface area (Å²) in [7, 11) is 0. The van der Waals surface area contributed by atoms with E-state index in [1.54, 1.807) is 5.57 Å². The minimum absolute atomic E-state index is 0.460. The SMILES string of the molecule is CC(C)C1NC(=S)NC2=C1CCCCCC2. The molecule has 0 aromatic rings. The van der Waals surface area contributed by atoms with Gasteiger partial charge in [0.25, 0.3) is 0 Å². The van der Waals surface area contributed by atoms with E-state index in [1.165, 1.54) is 44.2 Å². The summed E-state index contributed by atoms with van der Waals surface area (Å²) in [6, 6.07) is 0.460. The van der Waals surface area contributed by atoms with Crippen molar-refractivity contribution < 1.29 is 0 Å². The minimum Gasteiger partial charge on any atom is -0.356 e. The molecule has 1 aliphatic heterocycles. The maximum Gasteiger partial charge on any atom is 0.171 e. The van der Waals surface area contributed by atoms with Gasteiger partial charge in [-0.3, -0.25) is 0 Å². The van der Waals surface area contributed by atoms with Crippen molar-refractivity contribution in [2.45, 2.75) is 58.4 Å². The van der Waals surface area contributed by atoms with Gasteiger partial charge in [0.05, 0.1) is 6.04 Å². The van der Waals surface area contributed by atoms with Gasteiger partial charge in [0.2, 0.25) is 0 Å². The first-order valence-corrected chi connectivity index (χ1v) is 6.88. The van der Waals surface area contributed by atoms with Crippen LogP contribution in [-0.4, -0.2) is 11.2 Å². The lowest BCUT2D eigenvalue weighted by atomic mass is 9.86. The summed E-state index contributed by atoms with van der Waals surface area (Å²) in [5.41, 5.74) is 3.01. The van der Waals surface area contributed by atoms with Crippen molar-refractivity contribution in [3.05, 3.63) is 11.3 Å². The number of hydrogen-bond donors (Lipinski definition) is 2. The summed E-state index contributed by atoms with van der Waals surface area (Å²) in [5.74, 6) is 0.615. The molecule has 0 saturated carbocycles. The normalized spacial score (nSPS) is 26.7. The van der Waals surface area contributed by atoms with Crippen LogP contribution < -0.4 is 10.6 Å². The van der Waals surface area contributed by atoms with Crippen molar-refractivity contribution in [1.82, 2.24) is 10.6 Å². The number of allylic oxidation sites excluding steroid dienone is 1. The molecule has 0 bridgehead atoms. The van der Waals surface area contributed by atoms with Gasteiger partial charge in [0, 0.05) is 5.70 Å². The van der Waals surface area contributed by atoms with Gasteiger partial charge in [-0.05, 0) is 49.4 Å². The molecule has 2 aliphatic rings. The molecule has 1 heterocycles. The minimum atomic E-state index is 0.460. The molecular formula is C13H22N2S. The van der Waals surface area contributed by atoms with E-state index in [2.05, 4.69) is 24.5 Å². The molecule has 1 aliphatic carbocycles. The van der Waals surface area contributed by atoms with Crippen LogP contribution >= 0.6 is 12.2 Å². The Morgan fingerprint density at radius 1 is 1.12 bits per heavy atom. The molecule has 0 fully saturated rings. The maximum atomic E-state index is 5.29. The zero-order chi connectivity index (χ0) is 11.5. The number of thiocarbonyl (C=S) groups is 1. The monoisotopic (exact) mass is 238 g/mol. The summed E-state index contributed by atoms with van der Waals surface area (Å²) in [6.45, 7) is 4.55. The van der Waals surface area contributed by atoms with Gasteiger partial charge < -0.3 is 10.6 Å². The molecule has 0 radical (unpaired) electrons. The van der Waals surface area contributed by atoms with Gasteiger partial charge in [-0.2, -0.15) is 0 Å². The summed E-state index contributed by atoms with van der Waals surface area (Å²) in [5, 5.41) is 7.61. The summed E-state index contributed by atoms with van der Waals surface area (Å²) in [4.78, 5) is 0. The predicted octanol–water partition coefficient (Wildman–Crippen LogP) is 3.10. The van der Waals surface area contributed by atoms with E-state index < -0.39 is 0 Å². The lowest BCUT2D eigenvalue weighted by Gasteiger charge is -2.35. The number of nitrogens with one attached hydrogen (secondary N) is 2. The van der Waals surface area contributed by atoms with E-state index in [1.807, 2.05) is 0 Å². The van der Waals surface area contributed by atoms with Crippen molar-refractivity contribution >= 4 is 17.3 Å². The Morgan fingerprint density at radius 3 is 2.50 bits per heavy atom. The summed E-state index contributed by atoms with van der Waals surface area (Å²) in [6.07, 6.45) is 7.80. The van der Waals surface area contributed by atoms with Gasteiger partial charge >= 0.3 is 0 Å². The molecule has 2 nitrogen and oxygen atoms in total. The van der Waals surface area contributed by atoms with Crippen LogP contribution in [-0.2, 0) is 0 Å². The lowest BCUT2D eigenvalue weighted by Crippen LogP contribution is -2.50. The van der Waals surface area contributed by atoms with Crippen LogP contribution in [0.15, 0.2) is 11.3 Å². The van der Waals surface area contributed by atoms with Crippen LogP contribution in [0.1, 0.15) is 52.4 Å². The number of hydrogen-bond acceptors (Lipinski definition) is 1. The van der Waals surface area contributed by atoms with Crippen LogP contribution in [0.3, 0.4) is 0 Å². The highest BCUT2D eigenvalue weighted by atomic mass is 32.1. The quantitative estimate of drug-likeness (QED) is 0.686. The van der Waals surface area contributed by atoms with Crippen molar-refractivity contribution in [2.75, 3.05) is 0 Å². The fourth-order valence-electron chi connectivity index (χ4n) is 2.74. The predicted molar refractivity (Wildman–Crippen MR) is 72.2 cm³/mol. The second-order valence-corrected chi connectivity index (χ2v) is 5.65. The fourth-order valence-corrected chi connectivity index (χ4v) is 2.99. The molecule has 0 aromatic carbocycles. The maximum absolute atomic E-state index is 5.29. The highest BCUT2D eigenvalue weighted by Crippen LogP contribution is 2.28. The summed E-state index contributed by atoms with van der Waals surface area (Å²) >= 11 is 5.29. The Kier molecular flexibility index (Phi) is 3.85. The van der Waals surface area contributed by atoms with Crippen LogP contribution in [0.4, 0.5) is 0 Å². The van der Waals surface area contributed by atoms with E-state index in [9.17, 15) is 0 Å². The third-order valence-corrected chi connectivity index (χ3v) is 3.82. The molecule has 90 valence electrons. The van der Waals surface area contributed by atoms with E-state index >= 15 is 0 Å². The highest BCUT2D eigenvalue weighted by Gasteiger charge is 2.27. The van der Waals surface area contributed by atoms with Crippen LogP contribution in [0.25, 0.3) is 0 Å². The topological polar surface area (TPSA) is 24.1 Å². The van der Waals surface area contributed by atoms with Gasteiger partial charge in [0.15, 0.2) is 5.11 Å². The van der Waals surface area contributed by atoms with E-state index in [-0.39, 0.29) is 0 Å². The zero-order valence-electron chi connectivity index (χ0n) is 10.3. The van der Waals surface area contributed by atoms with E-state index in [0.717, 1.165) is 5.11 Å². The molecule has 16 heavy (non-hydrogen) atoms. The standard InChI is InChI=1S/C13H22N2S/c1-9(2)12-10-7-5-3-4-6-8-11(10)14-13(16)15-12/h9,12H,3-8H2,1-2H3,(H2,14,15,16). The van der Waals surface area contributed by atoms with Gasteiger partial charge in [-0.25, -0.2) is 0 Å². The second kappa shape index (κ2) is 5.17. The molecule has 3 heteroatoms. The van der Waals surface area contributed by atoms with Gasteiger partial charge in [-0.15, -0.1) is 0 Å². The average Bonchev–Trinajstić information content (AvgIpc) is 2.19. The van der Waals surface area contributed by atoms with Crippen LogP contribution in [0, 0.1) is 5.92 Å². The first-order valence-electron chi connectivity index (χ1n) is 6.48. The fraction of sp³-hybridized carbons (Fsp3) is 0.769. The first kappa shape index (κ1) is 11.9. The molecule has 0 aromatic heterocycles. The third kappa shape index (κ3) is 2.57. The molecule has 1 unspecified atom stereocenters. The Labute approximate surface area is 104 Å². The van der Waals surface area contributed by atoms with Crippen LogP contribution in [0.2, 0.25) is 0 Å². The molecule has 2 rings (SSSR count). The van der Waals surface area contributed by atoms with Crippen LogP contribution in [0.5, 0.6) is 0 Å². The smallest absolute Gasteiger partial charge is 0.171 e. The summed E-state index contributed by atoms with van der Waals surface area (Å²) < 4.78 is 0. The molecule has 1 atom stereocenters. The average molecular weight is 238 g/mol. The highest BCUT2D eigenvalue weighted by molar-refractivity contribution is 7.80. The Morgan fingerprint density at radius 2 is 1.81 bits per heavy atom. The lowest BCUT2D eigenvalue weighted by molar-refractivity contribution is 0.455. The van der Waals surface area contributed by atoms with E-state index in [4.69, 9.17) is 12.2 Å². The van der Waals surface area contributed by atoms with Crippen molar-refractivity contribution in [3.8, 4) is 0 Å². The van der Waals surface area contributed by atoms with Gasteiger partial charge in [0.1, 0.15) is 0 Å². The van der Waals surface area contributed by atoms with E-state index in [0.29, 0.717) is 12.0 Å². The Hall–Kier alpha value is -0.570. The Balaban J connectivity index is 2.25. The van der Waals surface area contributed by atoms with Crippen molar-refractivity contribution in [1.29, 1.82) is 0 Å². The molecule has 2 N–H and O–H groups in total. The molecule has 0 spiro atoms. The second-order valence-electron chi connectivity index (χ2n) is 5.24. The van der Waals surface area contributed by atoms with Crippen molar-refractivity contribution in [2.24, 2.45) is 5.92 Å². The first-order chi connectivity index (χ1) is 7.68. The van der Waals surface area contributed by atoms with Crippen molar-refractivity contribution in [3.63, 3.8) is 0 Å². The van der Waals surface area contributed by atoms with Gasteiger partial charge in [-0.1, -0.05) is 26.7 Å².